The summed E-state index contributed by atoms with van der Waals surface area (Å²) in [6.07, 6.45) is 1.75. The molecule has 0 unspecified atom stereocenters. The van der Waals surface area contributed by atoms with Crippen LogP contribution in [0.5, 0.6) is 0 Å². The molecule has 1 rings (SSSR count). The number of rotatable bonds is 13. The maximum Gasteiger partial charge on any atom is 0.280 e. The lowest BCUT2D eigenvalue weighted by molar-refractivity contribution is 0.0954. The van der Waals surface area contributed by atoms with Crippen molar-refractivity contribution in [1.29, 1.82) is 0 Å². The van der Waals surface area contributed by atoms with E-state index in [0.29, 0.717) is 19.6 Å². The Balaban J connectivity index is 2.48. The molecule has 1 heterocycles. The smallest absolute Gasteiger partial charge is 0.280 e. The maximum atomic E-state index is 12.1. The molecule has 1 aromatic heterocycles. The summed E-state index contributed by atoms with van der Waals surface area (Å²) in [5.41, 5.74) is 21.7. The highest BCUT2D eigenvalue weighted by Gasteiger charge is 2.16. The van der Waals surface area contributed by atoms with Gasteiger partial charge in [-0.1, -0.05) is 11.6 Å². The molecule has 0 atom stereocenters. The molecule has 0 saturated carbocycles. The van der Waals surface area contributed by atoms with Crippen LogP contribution in [-0.2, 0) is 4.84 Å². The average Bonchev–Trinajstić information content (AvgIpc) is 2.67. The number of nitrogens with one attached hydrogen (secondary N) is 3. The molecule has 0 radical (unpaired) electrons. The van der Waals surface area contributed by atoms with Crippen LogP contribution in [0.25, 0.3) is 0 Å². The van der Waals surface area contributed by atoms with Gasteiger partial charge in [-0.2, -0.15) is 0 Å². The van der Waals surface area contributed by atoms with Crippen LogP contribution < -0.4 is 45.1 Å². The van der Waals surface area contributed by atoms with Gasteiger partial charge in [-0.15, -0.1) is 0 Å². The first-order valence-electron chi connectivity index (χ1n) is 8.83. The van der Waals surface area contributed by atoms with Gasteiger partial charge in [-0.25, -0.2) is 9.97 Å². The number of hydrazine groups is 2. The Morgan fingerprint density at radius 3 is 2.28 bits per heavy atom. The molecule has 0 aliphatic rings. The molecule has 164 valence electrons. The number of guanidine groups is 1. The number of anilines is 2. The molecule has 29 heavy (non-hydrogen) atoms. The lowest BCUT2D eigenvalue weighted by atomic mass is 10.3. The molecule has 1 amide bonds. The van der Waals surface area contributed by atoms with Crippen molar-refractivity contribution in [3.05, 3.63) is 10.8 Å². The van der Waals surface area contributed by atoms with Gasteiger partial charge in [-0.3, -0.25) is 37.5 Å². The van der Waals surface area contributed by atoms with Crippen LogP contribution in [0.4, 0.5) is 11.6 Å². The normalized spacial score (nSPS) is 11.7. The van der Waals surface area contributed by atoms with Gasteiger partial charge in [0.05, 0.1) is 0 Å². The Kier molecular flexibility index (Phi) is 11.6. The number of carbonyl (C=O) groups excluding carboxylic acids is 1. The molecule has 14 nitrogen and oxygen atoms in total. The average molecular weight is 433 g/mol. The van der Waals surface area contributed by atoms with Crippen LogP contribution in [0.1, 0.15) is 23.3 Å². The van der Waals surface area contributed by atoms with E-state index in [1.54, 1.807) is 0 Å². The SMILES string of the molecule is NNCCCN(CCCNN)CCON=C(N)NC(=O)c1nc(Cl)c(N)nc1N. The fraction of sp³-hybridized carbons (Fsp3) is 0.571. The van der Waals surface area contributed by atoms with Crippen molar-refractivity contribution in [2.45, 2.75) is 12.8 Å². The molecule has 15 heteroatoms. The van der Waals surface area contributed by atoms with E-state index in [1.165, 1.54) is 0 Å². The van der Waals surface area contributed by atoms with Gasteiger partial charge >= 0.3 is 0 Å². The molecular weight excluding hydrogens is 404 g/mol. The van der Waals surface area contributed by atoms with E-state index < -0.39 is 5.91 Å². The number of hydrogen-bond donors (Lipinski definition) is 8. The number of nitrogens with two attached hydrogens (primary N) is 5. The predicted molar refractivity (Wildman–Crippen MR) is 111 cm³/mol. The van der Waals surface area contributed by atoms with Gasteiger partial charge in [0.2, 0.25) is 5.96 Å². The second-order valence-corrected chi connectivity index (χ2v) is 6.21. The highest BCUT2D eigenvalue weighted by molar-refractivity contribution is 6.31. The Morgan fingerprint density at radius 1 is 1.07 bits per heavy atom. The standard InChI is InChI=1S/C14H29ClN12O2/c15-10-12(17)24-11(16)9(23-10)13(28)25-14(18)26-29-8-7-27(5-1-3-21-19)6-2-4-22-20/h21-22H,1-8,19-20H2,(H4,16,17,24)(H3,18,25,26,28). The topological polar surface area (TPSA) is 234 Å². The van der Waals surface area contributed by atoms with Crippen molar-refractivity contribution >= 4 is 35.1 Å². The second-order valence-electron chi connectivity index (χ2n) is 5.85. The Labute approximate surface area is 173 Å². The Bertz CT molecular complexity index is 664. The molecule has 13 N–H and O–H groups in total. The number of oxime groups is 1. The van der Waals surface area contributed by atoms with Crippen molar-refractivity contribution in [1.82, 2.24) is 31.0 Å². The summed E-state index contributed by atoms with van der Waals surface area (Å²) in [4.78, 5) is 26.9. The third kappa shape index (κ3) is 9.51. The van der Waals surface area contributed by atoms with E-state index in [1.807, 2.05) is 0 Å². The van der Waals surface area contributed by atoms with Crippen LogP contribution in [0.15, 0.2) is 5.16 Å². The van der Waals surface area contributed by atoms with E-state index in [0.717, 1.165) is 25.9 Å². The number of carbonyl (C=O) groups is 1. The van der Waals surface area contributed by atoms with Gasteiger partial charge < -0.3 is 22.0 Å². The fourth-order valence-electron chi connectivity index (χ4n) is 2.24. The van der Waals surface area contributed by atoms with Crippen LogP contribution in [0.2, 0.25) is 5.15 Å². The zero-order valence-corrected chi connectivity index (χ0v) is 16.8. The van der Waals surface area contributed by atoms with Crippen LogP contribution in [-0.4, -0.2) is 66.1 Å². The van der Waals surface area contributed by atoms with E-state index in [4.69, 9.17) is 45.3 Å². The van der Waals surface area contributed by atoms with E-state index in [2.05, 4.69) is 36.2 Å². The molecule has 1 aromatic rings. The zero-order chi connectivity index (χ0) is 21.6. The number of amides is 1. The number of hydrogen-bond acceptors (Lipinski definition) is 12. The van der Waals surface area contributed by atoms with Gasteiger partial charge in [0.1, 0.15) is 6.61 Å². The van der Waals surface area contributed by atoms with Crippen molar-refractivity contribution in [3.63, 3.8) is 0 Å². The van der Waals surface area contributed by atoms with Crippen LogP contribution >= 0.6 is 11.6 Å². The number of halogens is 1. The molecule has 0 aliphatic heterocycles. The molecule has 0 spiro atoms. The maximum absolute atomic E-state index is 12.1. The zero-order valence-electron chi connectivity index (χ0n) is 16.0. The Hall–Kier alpha value is -2.49. The summed E-state index contributed by atoms with van der Waals surface area (Å²) in [6.45, 7) is 3.91. The quantitative estimate of drug-likeness (QED) is 0.0521. The molecular formula is C14H29ClN12O2. The predicted octanol–water partition coefficient (Wildman–Crippen LogP) is -2.72. The van der Waals surface area contributed by atoms with Crippen molar-refractivity contribution in [2.75, 3.05) is 50.8 Å². The summed E-state index contributed by atoms with van der Waals surface area (Å²) in [6, 6.07) is 0. The van der Waals surface area contributed by atoms with E-state index >= 15 is 0 Å². The molecule has 0 fully saturated rings. The van der Waals surface area contributed by atoms with Crippen molar-refractivity contribution in [2.24, 2.45) is 22.6 Å². The van der Waals surface area contributed by atoms with Gasteiger partial charge in [0, 0.05) is 19.6 Å². The minimum absolute atomic E-state index is 0.0836. The number of aromatic nitrogens is 2. The third-order valence-corrected chi connectivity index (χ3v) is 3.89. The number of nitrogen functional groups attached to an aromatic ring is 2. The largest absolute Gasteiger partial charge is 0.391 e. The van der Waals surface area contributed by atoms with E-state index in [-0.39, 0.29) is 35.0 Å². The van der Waals surface area contributed by atoms with Crippen LogP contribution in [0.3, 0.4) is 0 Å². The first kappa shape index (κ1) is 24.5. The minimum atomic E-state index is -0.744. The van der Waals surface area contributed by atoms with Gasteiger partial charge in [-0.05, 0) is 31.1 Å². The lowest BCUT2D eigenvalue weighted by Crippen LogP contribution is -2.38. The second kappa shape index (κ2) is 13.6. The first-order chi connectivity index (χ1) is 13.9. The van der Waals surface area contributed by atoms with Crippen molar-refractivity contribution < 1.29 is 9.63 Å². The fourth-order valence-corrected chi connectivity index (χ4v) is 2.36. The Morgan fingerprint density at radius 2 is 1.69 bits per heavy atom. The third-order valence-electron chi connectivity index (χ3n) is 3.61. The summed E-state index contributed by atoms with van der Waals surface area (Å²) < 4.78 is 0. The lowest BCUT2D eigenvalue weighted by Gasteiger charge is -2.21. The highest BCUT2D eigenvalue weighted by Crippen LogP contribution is 2.17. The number of nitrogens with zero attached hydrogens (tertiary/aromatic N) is 4. The van der Waals surface area contributed by atoms with Crippen molar-refractivity contribution in [3.8, 4) is 0 Å². The molecule has 0 aliphatic carbocycles. The summed E-state index contributed by atoms with van der Waals surface area (Å²) in [5.74, 6) is 9.28. The summed E-state index contributed by atoms with van der Waals surface area (Å²) in [7, 11) is 0. The summed E-state index contributed by atoms with van der Waals surface area (Å²) in [5, 5.41) is 5.78. The van der Waals surface area contributed by atoms with Gasteiger partial charge in [0.15, 0.2) is 22.5 Å². The summed E-state index contributed by atoms with van der Waals surface area (Å²) >= 11 is 5.74. The first-order valence-corrected chi connectivity index (χ1v) is 9.21. The molecule has 0 saturated heterocycles. The monoisotopic (exact) mass is 432 g/mol. The van der Waals surface area contributed by atoms with E-state index in [9.17, 15) is 4.79 Å². The molecule has 0 bridgehead atoms. The van der Waals surface area contributed by atoms with Crippen LogP contribution in [0, 0.1) is 0 Å². The molecule has 0 aromatic carbocycles. The highest BCUT2D eigenvalue weighted by atomic mass is 35.5. The minimum Gasteiger partial charge on any atom is -0.391 e. The van der Waals surface area contributed by atoms with Gasteiger partial charge in [0.25, 0.3) is 5.91 Å².